The third-order valence-electron chi connectivity index (χ3n) is 3.18. The average Bonchev–Trinajstić information content (AvgIpc) is 2.98. The number of nitro groups is 1. The molecule has 1 N–H and O–H groups in total. The number of aromatic nitrogens is 3. The maximum absolute atomic E-state index is 13.8. The van der Waals surface area contributed by atoms with E-state index in [9.17, 15) is 24.1 Å². The first-order valence-corrected chi connectivity index (χ1v) is 7.51. The van der Waals surface area contributed by atoms with Crippen LogP contribution in [0.25, 0.3) is 10.6 Å². The molecule has 0 amide bonds. The summed E-state index contributed by atoms with van der Waals surface area (Å²) >= 11 is 1.18. The van der Waals surface area contributed by atoms with Crippen LogP contribution in [0.15, 0.2) is 45.4 Å². The molecule has 0 aliphatic heterocycles. The fourth-order valence-electron chi connectivity index (χ4n) is 2.06. The van der Waals surface area contributed by atoms with Crippen molar-refractivity contribution < 1.29 is 9.31 Å². The predicted molar refractivity (Wildman–Crippen MR) is 84.6 cm³/mol. The first kappa shape index (κ1) is 15.7. The molecule has 24 heavy (non-hydrogen) atoms. The highest BCUT2D eigenvalue weighted by atomic mass is 32.1. The maximum atomic E-state index is 13.8. The summed E-state index contributed by atoms with van der Waals surface area (Å²) in [6.45, 7) is -0.0819. The lowest BCUT2D eigenvalue weighted by Gasteiger charge is -2.02. The molecule has 10 heteroatoms. The van der Waals surface area contributed by atoms with Gasteiger partial charge < -0.3 is 0 Å². The van der Waals surface area contributed by atoms with Gasteiger partial charge in [-0.2, -0.15) is 0 Å². The van der Waals surface area contributed by atoms with Gasteiger partial charge in [0, 0.05) is 10.9 Å². The van der Waals surface area contributed by atoms with Gasteiger partial charge in [-0.15, -0.1) is 11.3 Å². The van der Waals surface area contributed by atoms with E-state index in [0.717, 1.165) is 10.8 Å². The van der Waals surface area contributed by atoms with Crippen molar-refractivity contribution in [2.75, 3.05) is 0 Å². The van der Waals surface area contributed by atoms with E-state index < -0.39 is 27.7 Å². The first-order chi connectivity index (χ1) is 11.5. The highest BCUT2D eigenvalue weighted by Crippen LogP contribution is 2.26. The molecule has 0 atom stereocenters. The molecule has 0 unspecified atom stereocenters. The molecule has 0 aliphatic rings. The Kier molecular flexibility index (Phi) is 4.04. The molecule has 0 fully saturated rings. The number of hydrogen-bond acceptors (Lipinski definition) is 6. The second-order valence-electron chi connectivity index (χ2n) is 4.78. The van der Waals surface area contributed by atoms with Gasteiger partial charge in [0.25, 0.3) is 0 Å². The smallest absolute Gasteiger partial charge is 0.288 e. The van der Waals surface area contributed by atoms with Gasteiger partial charge in [-0.3, -0.25) is 24.5 Å². The van der Waals surface area contributed by atoms with Crippen LogP contribution < -0.4 is 11.2 Å². The van der Waals surface area contributed by atoms with E-state index >= 15 is 0 Å². The standard InChI is InChI=1S/C14H9FN4O4S/c15-10-4-2-1-3-9(10)13-16-8(7-24-13)5-18-6-11(19(22)23)12(20)17-14(18)21/h1-4,6-7H,5H2,(H,17,20,21). The molecule has 0 saturated heterocycles. The average molecular weight is 348 g/mol. The van der Waals surface area contributed by atoms with Crippen molar-refractivity contribution in [3.63, 3.8) is 0 Å². The molecule has 0 bridgehead atoms. The van der Waals surface area contributed by atoms with Crippen LogP contribution >= 0.6 is 11.3 Å². The molecule has 3 rings (SSSR count). The molecule has 8 nitrogen and oxygen atoms in total. The first-order valence-electron chi connectivity index (χ1n) is 6.63. The molecule has 0 spiro atoms. The number of benzene rings is 1. The van der Waals surface area contributed by atoms with Crippen LogP contribution in [0.1, 0.15) is 5.69 Å². The quantitative estimate of drug-likeness (QED) is 0.570. The minimum atomic E-state index is -1.06. The fraction of sp³-hybridized carbons (Fsp3) is 0.0714. The minimum Gasteiger partial charge on any atom is -0.288 e. The Hall–Kier alpha value is -3.14. The van der Waals surface area contributed by atoms with E-state index in [1.807, 2.05) is 4.98 Å². The number of thiazole rings is 1. The summed E-state index contributed by atoms with van der Waals surface area (Å²) in [4.78, 5) is 39.1. The second kappa shape index (κ2) is 6.16. The van der Waals surface area contributed by atoms with Gasteiger partial charge >= 0.3 is 16.9 Å². The summed E-state index contributed by atoms with van der Waals surface area (Å²) in [5.74, 6) is -0.421. The van der Waals surface area contributed by atoms with Crippen molar-refractivity contribution in [3.05, 3.63) is 78.3 Å². The normalized spacial score (nSPS) is 10.7. The van der Waals surface area contributed by atoms with E-state index in [4.69, 9.17) is 0 Å². The summed E-state index contributed by atoms with van der Waals surface area (Å²) in [5.41, 5.74) is -1.84. The number of hydrogen-bond donors (Lipinski definition) is 1. The zero-order chi connectivity index (χ0) is 17.3. The molecular weight excluding hydrogens is 339 g/mol. The van der Waals surface area contributed by atoms with Crippen LogP contribution in [0, 0.1) is 15.9 Å². The van der Waals surface area contributed by atoms with Gasteiger partial charge in [-0.25, -0.2) is 14.2 Å². The Labute approximate surface area is 137 Å². The minimum absolute atomic E-state index is 0.0819. The van der Waals surface area contributed by atoms with Gasteiger partial charge in [0.15, 0.2) is 0 Å². The third-order valence-corrected chi connectivity index (χ3v) is 4.10. The lowest BCUT2D eigenvalue weighted by Crippen LogP contribution is -2.31. The number of H-pyrrole nitrogens is 1. The van der Waals surface area contributed by atoms with E-state index in [1.165, 1.54) is 17.4 Å². The van der Waals surface area contributed by atoms with Crippen LogP contribution in [0.2, 0.25) is 0 Å². The second-order valence-corrected chi connectivity index (χ2v) is 5.64. The Morgan fingerprint density at radius 1 is 1.33 bits per heavy atom. The molecule has 1 aromatic carbocycles. The Balaban J connectivity index is 1.95. The SMILES string of the molecule is O=c1[nH]c(=O)n(Cc2csc(-c3ccccc3F)n2)cc1[N+](=O)[O-]. The van der Waals surface area contributed by atoms with Gasteiger partial charge in [-0.05, 0) is 12.1 Å². The van der Waals surface area contributed by atoms with Crippen LogP contribution in [0.3, 0.4) is 0 Å². The summed E-state index contributed by atoms with van der Waals surface area (Å²) in [6.07, 6.45) is 0.864. The number of rotatable bonds is 4. The monoisotopic (exact) mass is 348 g/mol. The molecule has 0 radical (unpaired) electrons. The summed E-state index contributed by atoms with van der Waals surface area (Å²) in [7, 11) is 0. The Morgan fingerprint density at radius 2 is 2.08 bits per heavy atom. The highest BCUT2D eigenvalue weighted by molar-refractivity contribution is 7.13. The van der Waals surface area contributed by atoms with Crippen molar-refractivity contribution in [3.8, 4) is 10.6 Å². The molecule has 2 aromatic heterocycles. The maximum Gasteiger partial charge on any atom is 0.350 e. The highest BCUT2D eigenvalue weighted by Gasteiger charge is 2.16. The molecule has 2 heterocycles. The van der Waals surface area contributed by atoms with E-state index in [0.29, 0.717) is 16.3 Å². The van der Waals surface area contributed by atoms with Gasteiger partial charge in [0.1, 0.15) is 10.8 Å². The Morgan fingerprint density at radius 3 is 2.79 bits per heavy atom. The topological polar surface area (TPSA) is 111 Å². The molecule has 0 aliphatic carbocycles. The van der Waals surface area contributed by atoms with Crippen LogP contribution in [-0.4, -0.2) is 19.5 Å². The number of aromatic amines is 1. The summed E-state index contributed by atoms with van der Waals surface area (Å²) in [6, 6.07) is 6.13. The van der Waals surface area contributed by atoms with E-state index in [-0.39, 0.29) is 6.54 Å². The summed E-state index contributed by atoms with van der Waals surface area (Å²) in [5, 5.41) is 12.8. The largest absolute Gasteiger partial charge is 0.350 e. The number of nitrogens with zero attached hydrogens (tertiary/aromatic N) is 3. The lowest BCUT2D eigenvalue weighted by atomic mass is 10.2. The van der Waals surface area contributed by atoms with E-state index in [2.05, 4.69) is 4.98 Å². The summed E-state index contributed by atoms with van der Waals surface area (Å²) < 4.78 is 14.7. The fourth-order valence-corrected chi connectivity index (χ4v) is 2.90. The van der Waals surface area contributed by atoms with Gasteiger partial charge in [0.2, 0.25) is 0 Å². The van der Waals surface area contributed by atoms with Crippen molar-refractivity contribution in [2.45, 2.75) is 6.54 Å². The molecule has 0 saturated carbocycles. The third kappa shape index (κ3) is 2.99. The van der Waals surface area contributed by atoms with Crippen molar-refractivity contribution in [1.82, 2.24) is 14.5 Å². The zero-order valence-corrected chi connectivity index (χ0v) is 12.7. The zero-order valence-electron chi connectivity index (χ0n) is 11.9. The van der Waals surface area contributed by atoms with Crippen molar-refractivity contribution >= 4 is 17.0 Å². The number of halogens is 1. The van der Waals surface area contributed by atoms with Crippen LogP contribution in [-0.2, 0) is 6.54 Å². The number of nitrogens with one attached hydrogen (secondary N) is 1. The van der Waals surface area contributed by atoms with Gasteiger partial charge in [0.05, 0.1) is 23.4 Å². The van der Waals surface area contributed by atoms with E-state index in [1.54, 1.807) is 23.6 Å². The Bertz CT molecular complexity index is 1040. The van der Waals surface area contributed by atoms with Crippen molar-refractivity contribution in [2.24, 2.45) is 0 Å². The molecule has 122 valence electrons. The van der Waals surface area contributed by atoms with Crippen LogP contribution in [0.5, 0.6) is 0 Å². The molecular formula is C14H9FN4O4S. The van der Waals surface area contributed by atoms with Gasteiger partial charge in [-0.1, -0.05) is 12.1 Å². The molecule has 3 aromatic rings. The van der Waals surface area contributed by atoms with Crippen molar-refractivity contribution in [1.29, 1.82) is 0 Å². The predicted octanol–water partition coefficient (Wildman–Crippen LogP) is 1.76. The lowest BCUT2D eigenvalue weighted by molar-refractivity contribution is -0.386. The van der Waals surface area contributed by atoms with Crippen LogP contribution in [0.4, 0.5) is 10.1 Å².